The highest BCUT2D eigenvalue weighted by atomic mass is 35.5. The van der Waals surface area contributed by atoms with Crippen molar-refractivity contribution in [1.82, 2.24) is 4.57 Å². The summed E-state index contributed by atoms with van der Waals surface area (Å²) in [6.45, 7) is 0.340. The minimum Gasteiger partial charge on any atom is -0.481 e. The van der Waals surface area contributed by atoms with Crippen LogP contribution in [0.4, 0.5) is 0 Å². The van der Waals surface area contributed by atoms with Gasteiger partial charge in [-0.25, -0.2) is 0 Å². The minimum atomic E-state index is -0.879. The monoisotopic (exact) mass is 331 g/mol. The summed E-state index contributed by atoms with van der Waals surface area (Å²) in [6, 6.07) is 5.04. The summed E-state index contributed by atoms with van der Waals surface area (Å²) in [6.07, 6.45) is 0.405. The van der Waals surface area contributed by atoms with E-state index < -0.39 is 5.97 Å². The molecule has 2 aromatic rings. The zero-order valence-corrected chi connectivity index (χ0v) is 12.6. The standard InChI is InChI=1S/C13H11Cl2NO3S/c14-8-3-4-10(15)9(6-8)11-7-20-13(19)16(11)5-1-2-12(17)18/h3-4,6-7H,1-2,5H2,(H,17,18). The number of halogens is 2. The molecular formula is C13H11Cl2NO3S. The van der Waals surface area contributed by atoms with Crippen LogP contribution < -0.4 is 4.87 Å². The Bertz CT molecular complexity index is 693. The van der Waals surface area contributed by atoms with Crippen molar-refractivity contribution in [2.75, 3.05) is 0 Å². The van der Waals surface area contributed by atoms with Crippen LogP contribution >= 0.6 is 34.5 Å². The SMILES string of the molecule is O=C(O)CCCn1c(-c2cc(Cl)ccc2Cl)csc1=O. The van der Waals surface area contributed by atoms with E-state index in [2.05, 4.69) is 0 Å². The third kappa shape index (κ3) is 3.42. The van der Waals surface area contributed by atoms with E-state index in [9.17, 15) is 9.59 Å². The molecule has 2 rings (SSSR count). The van der Waals surface area contributed by atoms with E-state index in [1.165, 1.54) is 4.57 Å². The molecule has 0 spiro atoms. The number of carbonyl (C=O) groups is 1. The van der Waals surface area contributed by atoms with Gasteiger partial charge in [0, 0.05) is 28.9 Å². The van der Waals surface area contributed by atoms with E-state index >= 15 is 0 Å². The van der Waals surface area contributed by atoms with Gasteiger partial charge in [0.2, 0.25) is 0 Å². The lowest BCUT2D eigenvalue weighted by molar-refractivity contribution is -0.137. The molecule has 0 saturated carbocycles. The summed E-state index contributed by atoms with van der Waals surface area (Å²) >= 11 is 13.1. The minimum absolute atomic E-state index is 0.0189. The molecule has 106 valence electrons. The van der Waals surface area contributed by atoms with E-state index in [0.717, 1.165) is 11.3 Å². The number of hydrogen-bond acceptors (Lipinski definition) is 3. The molecule has 1 aromatic carbocycles. The largest absolute Gasteiger partial charge is 0.481 e. The smallest absolute Gasteiger partial charge is 0.307 e. The van der Waals surface area contributed by atoms with Crippen LogP contribution in [0.2, 0.25) is 10.0 Å². The lowest BCUT2D eigenvalue weighted by Gasteiger charge is -2.09. The molecule has 0 aliphatic heterocycles. The normalized spacial score (nSPS) is 10.7. The Morgan fingerprint density at radius 1 is 1.35 bits per heavy atom. The summed E-state index contributed by atoms with van der Waals surface area (Å²) in [7, 11) is 0. The molecule has 0 atom stereocenters. The van der Waals surface area contributed by atoms with E-state index in [4.69, 9.17) is 28.3 Å². The van der Waals surface area contributed by atoms with Crippen molar-refractivity contribution in [2.24, 2.45) is 0 Å². The van der Waals surface area contributed by atoms with Gasteiger partial charge >= 0.3 is 10.8 Å². The molecular weight excluding hydrogens is 321 g/mol. The van der Waals surface area contributed by atoms with Crippen molar-refractivity contribution in [3.63, 3.8) is 0 Å². The summed E-state index contributed by atoms with van der Waals surface area (Å²) in [5.74, 6) is -0.879. The number of carboxylic acid groups (broad SMARTS) is 1. The van der Waals surface area contributed by atoms with Crippen molar-refractivity contribution in [3.8, 4) is 11.3 Å². The van der Waals surface area contributed by atoms with Crippen molar-refractivity contribution in [1.29, 1.82) is 0 Å². The fourth-order valence-corrected chi connectivity index (χ4v) is 3.00. The molecule has 0 radical (unpaired) electrons. The Kier molecular flexibility index (Phi) is 4.86. The number of thiazole rings is 1. The first-order valence-electron chi connectivity index (χ1n) is 5.84. The highest BCUT2D eigenvalue weighted by molar-refractivity contribution is 7.07. The fourth-order valence-electron chi connectivity index (χ4n) is 1.83. The second kappa shape index (κ2) is 6.43. The van der Waals surface area contributed by atoms with E-state index in [1.54, 1.807) is 23.6 Å². The van der Waals surface area contributed by atoms with Gasteiger partial charge in [0.25, 0.3) is 0 Å². The van der Waals surface area contributed by atoms with Gasteiger partial charge < -0.3 is 5.11 Å². The van der Waals surface area contributed by atoms with Crippen molar-refractivity contribution in [2.45, 2.75) is 19.4 Å². The molecule has 1 heterocycles. The highest BCUT2D eigenvalue weighted by Gasteiger charge is 2.13. The average molecular weight is 332 g/mol. The number of nitrogens with zero attached hydrogens (tertiary/aromatic N) is 1. The maximum atomic E-state index is 11.8. The van der Waals surface area contributed by atoms with Gasteiger partial charge in [-0.2, -0.15) is 0 Å². The Hall–Kier alpha value is -1.30. The average Bonchev–Trinajstić information content (AvgIpc) is 2.74. The molecule has 0 saturated heterocycles. The van der Waals surface area contributed by atoms with Crippen LogP contribution in [0.25, 0.3) is 11.3 Å². The Morgan fingerprint density at radius 2 is 2.10 bits per heavy atom. The first-order valence-corrected chi connectivity index (χ1v) is 7.48. The van der Waals surface area contributed by atoms with Crippen molar-refractivity contribution >= 4 is 40.5 Å². The maximum absolute atomic E-state index is 11.8. The molecule has 0 aliphatic rings. The van der Waals surface area contributed by atoms with Crippen LogP contribution in [0.3, 0.4) is 0 Å². The van der Waals surface area contributed by atoms with Crippen LogP contribution in [0.1, 0.15) is 12.8 Å². The number of rotatable bonds is 5. The van der Waals surface area contributed by atoms with E-state index in [1.807, 2.05) is 0 Å². The Balaban J connectivity index is 2.35. The van der Waals surface area contributed by atoms with Gasteiger partial charge in [0.1, 0.15) is 0 Å². The van der Waals surface area contributed by atoms with Crippen LogP contribution in [0.15, 0.2) is 28.4 Å². The third-order valence-electron chi connectivity index (χ3n) is 2.76. The van der Waals surface area contributed by atoms with Crippen LogP contribution in [-0.4, -0.2) is 15.6 Å². The van der Waals surface area contributed by atoms with Crippen LogP contribution in [0.5, 0.6) is 0 Å². The van der Waals surface area contributed by atoms with E-state index in [-0.39, 0.29) is 11.3 Å². The summed E-state index contributed by atoms with van der Waals surface area (Å²) in [5, 5.41) is 11.4. The van der Waals surface area contributed by atoms with Crippen LogP contribution in [-0.2, 0) is 11.3 Å². The molecule has 0 amide bonds. The van der Waals surface area contributed by atoms with Gasteiger partial charge in [-0.1, -0.05) is 34.5 Å². The lowest BCUT2D eigenvalue weighted by Crippen LogP contribution is -2.15. The second-order valence-electron chi connectivity index (χ2n) is 4.16. The summed E-state index contributed by atoms with van der Waals surface area (Å²) < 4.78 is 1.53. The van der Waals surface area contributed by atoms with Gasteiger partial charge in [-0.05, 0) is 24.6 Å². The van der Waals surface area contributed by atoms with Gasteiger partial charge in [-0.3, -0.25) is 14.2 Å². The highest BCUT2D eigenvalue weighted by Crippen LogP contribution is 2.31. The quantitative estimate of drug-likeness (QED) is 0.907. The Morgan fingerprint density at radius 3 is 2.80 bits per heavy atom. The predicted molar refractivity (Wildman–Crippen MR) is 80.9 cm³/mol. The summed E-state index contributed by atoms with van der Waals surface area (Å²) in [5.41, 5.74) is 1.34. The summed E-state index contributed by atoms with van der Waals surface area (Å²) in [4.78, 5) is 22.2. The molecule has 1 aromatic heterocycles. The van der Waals surface area contributed by atoms with E-state index in [0.29, 0.717) is 34.3 Å². The van der Waals surface area contributed by atoms with Gasteiger partial charge in [0.05, 0.1) is 10.7 Å². The predicted octanol–water partition coefficient (Wildman–Crippen LogP) is 3.75. The first-order chi connectivity index (χ1) is 9.49. The number of hydrogen-bond donors (Lipinski definition) is 1. The molecule has 4 nitrogen and oxygen atoms in total. The fraction of sp³-hybridized carbons (Fsp3) is 0.231. The third-order valence-corrected chi connectivity index (χ3v) is 4.09. The number of benzene rings is 1. The molecule has 0 aliphatic carbocycles. The molecule has 0 unspecified atom stereocenters. The van der Waals surface area contributed by atoms with Gasteiger partial charge in [0.15, 0.2) is 0 Å². The van der Waals surface area contributed by atoms with Gasteiger partial charge in [-0.15, -0.1) is 0 Å². The zero-order valence-electron chi connectivity index (χ0n) is 10.3. The number of aliphatic carboxylic acids is 1. The molecule has 0 fully saturated rings. The molecule has 0 bridgehead atoms. The molecule has 1 N–H and O–H groups in total. The van der Waals surface area contributed by atoms with Crippen molar-refractivity contribution in [3.05, 3.63) is 43.3 Å². The second-order valence-corrected chi connectivity index (χ2v) is 5.82. The topological polar surface area (TPSA) is 59.3 Å². The maximum Gasteiger partial charge on any atom is 0.307 e. The van der Waals surface area contributed by atoms with Crippen molar-refractivity contribution < 1.29 is 9.90 Å². The number of aromatic nitrogens is 1. The zero-order chi connectivity index (χ0) is 14.7. The molecule has 20 heavy (non-hydrogen) atoms. The first kappa shape index (κ1) is 15.1. The Labute approximate surface area is 129 Å². The van der Waals surface area contributed by atoms with Crippen LogP contribution in [0, 0.1) is 0 Å². The lowest BCUT2D eigenvalue weighted by atomic mass is 10.1. The molecule has 7 heteroatoms. The number of carboxylic acids is 1.